The standard InChI is InChI=1S/C19H28N2O9.C4H11N.C2H2.H2/c1-5-14(4)27-10-8-20-17(25)29-12-19(7-3,16(23)24)13-30-18(26)21-9-11-28-15(22)6-2;1-3-5-4-2;1-2;/h5-6H,1-2,4,7-13H2,3H3,(H,20,25)(H,21,26)(H,23,24);5H,3-4H2,1-2H3;1-2H;1H/p+1. The number of carbonyl (C=O) groups excluding carboxylic acids is 3. The second-order valence-corrected chi connectivity index (χ2v) is 6.94. The number of allylic oxidation sites excluding steroid dienone is 1. The zero-order chi connectivity index (χ0) is 29.1. The van der Waals surface area contributed by atoms with Crippen molar-refractivity contribution in [3.63, 3.8) is 0 Å². The SMILES string of the molecule is C#C.C=CC(=C)OCCNC(=O)OCC(CC)(COC(=O)NCCOC(=O)C=C)C(=O)O.CC[NH2+]CC.[HH]. The third kappa shape index (κ3) is 21.1. The smallest absolute Gasteiger partial charge is 0.407 e. The lowest BCUT2D eigenvalue weighted by atomic mass is 9.87. The zero-order valence-corrected chi connectivity index (χ0v) is 22.1. The predicted octanol–water partition coefficient (Wildman–Crippen LogP) is 1.45. The van der Waals surface area contributed by atoms with Crippen LogP contribution in [0.25, 0.3) is 0 Å². The molecule has 0 spiro atoms. The minimum atomic E-state index is -1.63. The topological polar surface area (TPSA) is 166 Å². The van der Waals surface area contributed by atoms with Gasteiger partial charge in [-0.05, 0) is 26.3 Å². The molecule has 0 aromatic carbocycles. The van der Waals surface area contributed by atoms with Gasteiger partial charge in [0.15, 0.2) is 0 Å². The largest absolute Gasteiger partial charge is 0.492 e. The van der Waals surface area contributed by atoms with E-state index < -0.39 is 42.8 Å². The average Bonchev–Trinajstić information content (AvgIpc) is 2.90. The van der Waals surface area contributed by atoms with Crippen molar-refractivity contribution in [3.8, 4) is 12.8 Å². The highest BCUT2D eigenvalue weighted by Crippen LogP contribution is 2.24. The van der Waals surface area contributed by atoms with Gasteiger partial charge in [0.25, 0.3) is 0 Å². The lowest BCUT2D eigenvalue weighted by Crippen LogP contribution is -2.82. The van der Waals surface area contributed by atoms with Crippen LogP contribution in [0.5, 0.6) is 0 Å². The zero-order valence-electron chi connectivity index (χ0n) is 22.1. The Labute approximate surface area is 220 Å². The number of aliphatic carboxylic acids is 1. The van der Waals surface area contributed by atoms with E-state index in [4.69, 9.17) is 14.2 Å². The lowest BCUT2D eigenvalue weighted by Gasteiger charge is -2.27. The first-order chi connectivity index (χ1) is 17.6. The molecule has 0 aromatic heterocycles. The molecule has 1 atom stereocenters. The Morgan fingerprint density at radius 3 is 1.68 bits per heavy atom. The van der Waals surface area contributed by atoms with Crippen molar-refractivity contribution in [2.75, 3.05) is 52.6 Å². The number of rotatable bonds is 17. The summed E-state index contributed by atoms with van der Waals surface area (Å²) in [5.74, 6) is -1.60. The number of alkyl carbamates (subject to hydrolysis) is 2. The third-order valence-electron chi connectivity index (χ3n) is 4.34. The molecular formula is C25H44N3O9+. The maximum absolute atomic E-state index is 11.7. The number of nitrogens with two attached hydrogens (primary N) is 1. The number of ether oxygens (including phenoxy) is 4. The molecule has 0 aliphatic carbocycles. The molecule has 37 heavy (non-hydrogen) atoms. The number of quaternary nitrogens is 1. The van der Waals surface area contributed by atoms with E-state index in [1.807, 2.05) is 0 Å². The van der Waals surface area contributed by atoms with Crippen LogP contribution in [0.4, 0.5) is 9.59 Å². The van der Waals surface area contributed by atoms with Gasteiger partial charge in [0.05, 0.1) is 26.2 Å². The van der Waals surface area contributed by atoms with E-state index in [0.717, 1.165) is 6.08 Å². The Morgan fingerprint density at radius 2 is 1.35 bits per heavy atom. The summed E-state index contributed by atoms with van der Waals surface area (Å²) >= 11 is 0. The molecule has 12 heteroatoms. The van der Waals surface area contributed by atoms with Crippen LogP contribution in [0.15, 0.2) is 37.6 Å². The second kappa shape index (κ2) is 25.1. The van der Waals surface area contributed by atoms with Crippen molar-refractivity contribution in [2.45, 2.75) is 27.2 Å². The van der Waals surface area contributed by atoms with Crippen LogP contribution >= 0.6 is 0 Å². The van der Waals surface area contributed by atoms with E-state index in [9.17, 15) is 24.3 Å². The van der Waals surface area contributed by atoms with Crippen LogP contribution in [0.3, 0.4) is 0 Å². The summed E-state index contributed by atoms with van der Waals surface area (Å²) < 4.78 is 19.6. The molecule has 0 aliphatic rings. The van der Waals surface area contributed by atoms with E-state index in [-0.39, 0.29) is 34.2 Å². The number of carbonyl (C=O) groups is 4. The second-order valence-electron chi connectivity index (χ2n) is 6.94. The summed E-state index contributed by atoms with van der Waals surface area (Å²) in [6.07, 6.45) is 8.65. The normalized spacial score (nSPS) is 10.7. The highest BCUT2D eigenvalue weighted by molar-refractivity contribution is 5.81. The Hall–Kier alpha value is -3.98. The minimum Gasteiger partial charge on any atom is -0.492 e. The van der Waals surface area contributed by atoms with E-state index >= 15 is 0 Å². The predicted molar refractivity (Wildman–Crippen MR) is 141 cm³/mol. The number of hydrogen-bond donors (Lipinski definition) is 4. The number of hydrogen-bond acceptors (Lipinski definition) is 8. The van der Waals surface area contributed by atoms with E-state index in [2.05, 4.69) is 67.1 Å². The molecule has 2 amide bonds. The van der Waals surface area contributed by atoms with Crippen LogP contribution in [-0.2, 0) is 28.5 Å². The molecule has 0 aliphatic heterocycles. The van der Waals surface area contributed by atoms with E-state index in [1.165, 1.54) is 19.2 Å². The average molecular weight is 531 g/mol. The monoisotopic (exact) mass is 530 g/mol. The Kier molecular flexibility index (Phi) is 25.5. The number of nitrogens with one attached hydrogen (secondary N) is 2. The molecular weight excluding hydrogens is 486 g/mol. The highest BCUT2D eigenvalue weighted by atomic mass is 16.6. The summed E-state index contributed by atoms with van der Waals surface area (Å²) in [4.78, 5) is 46.0. The Bertz CT molecular complexity index is 697. The van der Waals surface area contributed by atoms with Crippen LogP contribution in [0, 0.1) is 18.3 Å². The minimum absolute atomic E-state index is 0. The molecule has 0 saturated carbocycles. The van der Waals surface area contributed by atoms with Crippen LogP contribution in [0.1, 0.15) is 28.6 Å². The van der Waals surface area contributed by atoms with Crippen molar-refractivity contribution >= 4 is 24.1 Å². The molecule has 212 valence electrons. The van der Waals surface area contributed by atoms with Gasteiger partial charge in [-0.15, -0.1) is 12.8 Å². The van der Waals surface area contributed by atoms with Gasteiger partial charge in [-0.1, -0.05) is 26.7 Å². The molecule has 0 heterocycles. The molecule has 1 unspecified atom stereocenters. The van der Waals surface area contributed by atoms with Gasteiger partial charge in [0, 0.05) is 7.50 Å². The Morgan fingerprint density at radius 1 is 0.892 bits per heavy atom. The first-order valence-electron chi connectivity index (χ1n) is 11.5. The van der Waals surface area contributed by atoms with Crippen molar-refractivity contribution in [2.24, 2.45) is 5.41 Å². The summed E-state index contributed by atoms with van der Waals surface area (Å²) in [6, 6.07) is 0. The summed E-state index contributed by atoms with van der Waals surface area (Å²) in [7, 11) is 0. The van der Waals surface area contributed by atoms with Gasteiger partial charge in [-0.3, -0.25) is 4.79 Å². The number of terminal acetylenes is 1. The van der Waals surface area contributed by atoms with E-state index in [0.29, 0.717) is 5.76 Å². The maximum atomic E-state index is 11.7. The van der Waals surface area contributed by atoms with E-state index in [1.54, 1.807) is 6.92 Å². The molecule has 0 fully saturated rings. The molecule has 0 aromatic rings. The fourth-order valence-electron chi connectivity index (χ4n) is 2.08. The first kappa shape index (κ1) is 37.6. The first-order valence-corrected chi connectivity index (χ1v) is 11.5. The molecule has 0 bridgehead atoms. The molecule has 12 nitrogen and oxygen atoms in total. The van der Waals surface area contributed by atoms with Gasteiger partial charge in [0.2, 0.25) is 0 Å². The molecule has 0 saturated heterocycles. The molecule has 5 N–H and O–H groups in total. The number of amides is 2. The van der Waals surface area contributed by atoms with Gasteiger partial charge >= 0.3 is 24.1 Å². The molecule has 0 radical (unpaired) electrons. The van der Waals surface area contributed by atoms with Crippen LogP contribution < -0.4 is 16.0 Å². The van der Waals surface area contributed by atoms with Gasteiger partial charge in [-0.2, -0.15) is 0 Å². The fourth-order valence-corrected chi connectivity index (χ4v) is 2.08. The van der Waals surface area contributed by atoms with Gasteiger partial charge in [0.1, 0.15) is 37.6 Å². The lowest BCUT2D eigenvalue weighted by molar-refractivity contribution is -0.648. The summed E-state index contributed by atoms with van der Waals surface area (Å²) in [5.41, 5.74) is -1.63. The van der Waals surface area contributed by atoms with Crippen molar-refractivity contribution in [3.05, 3.63) is 37.6 Å². The summed E-state index contributed by atoms with van der Waals surface area (Å²) in [5, 5.41) is 16.5. The van der Waals surface area contributed by atoms with Gasteiger partial charge < -0.3 is 40.0 Å². The van der Waals surface area contributed by atoms with Crippen molar-refractivity contribution in [1.82, 2.24) is 10.6 Å². The number of carboxylic acids is 1. The quantitative estimate of drug-likeness (QED) is 0.0414. The third-order valence-corrected chi connectivity index (χ3v) is 4.34. The number of esters is 1. The van der Waals surface area contributed by atoms with Crippen molar-refractivity contribution in [1.29, 1.82) is 0 Å². The highest BCUT2D eigenvalue weighted by Gasteiger charge is 2.40. The molecule has 0 rings (SSSR count). The Balaban J connectivity index is -0.000000642. The van der Waals surface area contributed by atoms with Gasteiger partial charge in [-0.25, -0.2) is 14.4 Å². The maximum Gasteiger partial charge on any atom is 0.407 e. The van der Waals surface area contributed by atoms with Crippen molar-refractivity contribution < 1.29 is 50.0 Å². The number of carboxylic acid groups (broad SMARTS) is 1. The fraction of sp³-hybridized carbons (Fsp3) is 0.520. The summed E-state index contributed by atoms with van der Waals surface area (Å²) in [6.45, 7) is 17.6. The van der Waals surface area contributed by atoms with Crippen LogP contribution in [-0.4, -0.2) is 81.8 Å². The van der Waals surface area contributed by atoms with Crippen LogP contribution in [0.2, 0.25) is 0 Å².